The minimum absolute atomic E-state index is 0.414. The molecule has 5 heteroatoms. The van der Waals surface area contributed by atoms with E-state index in [1.807, 2.05) is 11.8 Å². The molecule has 1 fully saturated rings. The number of hydrogen-bond acceptors (Lipinski definition) is 3. The largest absolute Gasteiger partial charge is 0.299 e. The maximum Gasteiger partial charge on any atom is 0.225 e. The Labute approximate surface area is 106 Å². The normalized spacial score (nSPS) is 17.7. The summed E-state index contributed by atoms with van der Waals surface area (Å²) in [6, 6.07) is 0.414. The van der Waals surface area contributed by atoms with Gasteiger partial charge < -0.3 is 0 Å². The van der Waals surface area contributed by atoms with Crippen LogP contribution in [0.15, 0.2) is 0 Å². The minimum Gasteiger partial charge on any atom is -0.299 e. The zero-order valence-electron chi connectivity index (χ0n) is 9.82. The van der Waals surface area contributed by atoms with Crippen LogP contribution in [0.4, 0.5) is 0 Å². The second-order valence-electron chi connectivity index (χ2n) is 4.31. The molecule has 1 aliphatic rings. The van der Waals surface area contributed by atoms with Crippen LogP contribution in [0.3, 0.4) is 0 Å². The summed E-state index contributed by atoms with van der Waals surface area (Å²) in [6.45, 7) is 4.40. The van der Waals surface area contributed by atoms with Crippen molar-refractivity contribution < 1.29 is 0 Å². The lowest BCUT2D eigenvalue weighted by Crippen LogP contribution is -2.10. The SMILES string of the molecule is CCSCCC(C)n1c(Cl)nnc1C1CC1. The Balaban J connectivity index is 2.02. The first-order chi connectivity index (χ1) is 7.74. The number of halogens is 1. The van der Waals surface area contributed by atoms with Crippen LogP contribution in [0.2, 0.25) is 5.28 Å². The summed E-state index contributed by atoms with van der Waals surface area (Å²) in [5.41, 5.74) is 0. The summed E-state index contributed by atoms with van der Waals surface area (Å²) >= 11 is 8.08. The zero-order valence-corrected chi connectivity index (χ0v) is 11.4. The van der Waals surface area contributed by atoms with Crippen molar-refractivity contribution in [2.24, 2.45) is 0 Å². The summed E-state index contributed by atoms with van der Waals surface area (Å²) in [5, 5.41) is 8.75. The predicted octanol–water partition coefficient (Wildman–Crippen LogP) is 3.51. The van der Waals surface area contributed by atoms with Crippen LogP contribution in [0.5, 0.6) is 0 Å². The van der Waals surface area contributed by atoms with Crippen LogP contribution in [0.1, 0.15) is 50.9 Å². The Morgan fingerprint density at radius 3 is 2.88 bits per heavy atom. The van der Waals surface area contributed by atoms with Gasteiger partial charge in [-0.25, -0.2) is 0 Å². The Morgan fingerprint density at radius 1 is 1.50 bits per heavy atom. The fourth-order valence-corrected chi connectivity index (χ4v) is 2.93. The summed E-state index contributed by atoms with van der Waals surface area (Å²) in [6.07, 6.45) is 3.62. The lowest BCUT2D eigenvalue weighted by atomic mass is 10.2. The molecule has 1 aromatic rings. The molecule has 1 atom stereocenters. The lowest BCUT2D eigenvalue weighted by molar-refractivity contribution is 0.512. The molecule has 1 heterocycles. The van der Waals surface area contributed by atoms with Gasteiger partial charge in [0.1, 0.15) is 5.82 Å². The molecule has 0 amide bonds. The molecule has 1 aliphatic carbocycles. The predicted molar refractivity (Wildman–Crippen MR) is 69.3 cm³/mol. The lowest BCUT2D eigenvalue weighted by Gasteiger charge is -2.15. The standard InChI is InChI=1S/C11H18ClN3S/c1-3-16-7-6-8(2)15-10(9-4-5-9)13-14-11(15)12/h8-9H,3-7H2,1-2H3. The van der Waals surface area contributed by atoms with Crippen molar-refractivity contribution in [3.8, 4) is 0 Å². The summed E-state index contributed by atoms with van der Waals surface area (Å²) in [4.78, 5) is 0. The van der Waals surface area contributed by atoms with Gasteiger partial charge in [-0.1, -0.05) is 6.92 Å². The van der Waals surface area contributed by atoms with E-state index in [4.69, 9.17) is 11.6 Å². The highest BCUT2D eigenvalue weighted by atomic mass is 35.5. The smallest absolute Gasteiger partial charge is 0.225 e. The highest BCUT2D eigenvalue weighted by molar-refractivity contribution is 7.99. The van der Waals surface area contributed by atoms with E-state index in [9.17, 15) is 0 Å². The first-order valence-corrected chi connectivity index (χ1v) is 7.45. The van der Waals surface area contributed by atoms with Gasteiger partial charge in [0, 0.05) is 12.0 Å². The molecular formula is C11H18ClN3S. The average molecular weight is 260 g/mol. The van der Waals surface area contributed by atoms with Crippen molar-refractivity contribution in [3.63, 3.8) is 0 Å². The molecule has 0 spiro atoms. The third kappa shape index (κ3) is 2.72. The van der Waals surface area contributed by atoms with E-state index in [0.717, 1.165) is 12.2 Å². The second-order valence-corrected chi connectivity index (χ2v) is 6.04. The van der Waals surface area contributed by atoms with Gasteiger partial charge in [0.05, 0.1) is 0 Å². The Kier molecular flexibility index (Phi) is 4.14. The van der Waals surface area contributed by atoms with Gasteiger partial charge >= 0.3 is 0 Å². The fraction of sp³-hybridized carbons (Fsp3) is 0.818. The number of thioether (sulfide) groups is 1. The molecule has 2 rings (SSSR count). The second kappa shape index (κ2) is 5.41. The van der Waals surface area contributed by atoms with E-state index < -0.39 is 0 Å². The molecule has 1 unspecified atom stereocenters. The van der Waals surface area contributed by atoms with Crippen LogP contribution < -0.4 is 0 Å². The maximum atomic E-state index is 6.11. The van der Waals surface area contributed by atoms with E-state index >= 15 is 0 Å². The highest BCUT2D eigenvalue weighted by Gasteiger charge is 2.31. The van der Waals surface area contributed by atoms with Crippen molar-refractivity contribution >= 4 is 23.4 Å². The van der Waals surface area contributed by atoms with Crippen LogP contribution in [-0.4, -0.2) is 26.3 Å². The monoisotopic (exact) mass is 259 g/mol. The van der Waals surface area contributed by atoms with Crippen molar-refractivity contribution in [1.82, 2.24) is 14.8 Å². The van der Waals surface area contributed by atoms with E-state index in [-0.39, 0.29) is 0 Å². The van der Waals surface area contributed by atoms with E-state index in [1.165, 1.54) is 24.3 Å². The molecule has 1 aromatic heterocycles. The number of aromatic nitrogens is 3. The van der Waals surface area contributed by atoms with Gasteiger partial charge in [-0.2, -0.15) is 11.8 Å². The van der Waals surface area contributed by atoms with Gasteiger partial charge in [0.25, 0.3) is 0 Å². The van der Waals surface area contributed by atoms with Crippen molar-refractivity contribution in [2.75, 3.05) is 11.5 Å². The van der Waals surface area contributed by atoms with Crippen LogP contribution in [0.25, 0.3) is 0 Å². The summed E-state index contributed by atoms with van der Waals surface area (Å²) < 4.78 is 2.12. The molecule has 3 nitrogen and oxygen atoms in total. The van der Waals surface area contributed by atoms with Gasteiger partial charge in [-0.15, -0.1) is 10.2 Å². The Morgan fingerprint density at radius 2 is 2.25 bits per heavy atom. The Hall–Kier alpha value is -0.220. The number of nitrogens with zero attached hydrogens (tertiary/aromatic N) is 3. The van der Waals surface area contributed by atoms with E-state index in [0.29, 0.717) is 17.2 Å². The average Bonchev–Trinajstić information content (AvgIpc) is 3.02. The fourth-order valence-electron chi connectivity index (χ4n) is 1.84. The van der Waals surface area contributed by atoms with Gasteiger partial charge in [-0.3, -0.25) is 4.57 Å². The molecule has 0 aromatic carbocycles. The first kappa shape index (κ1) is 12.2. The van der Waals surface area contributed by atoms with E-state index in [2.05, 4.69) is 28.6 Å². The molecular weight excluding hydrogens is 242 g/mol. The van der Waals surface area contributed by atoms with Crippen molar-refractivity contribution in [3.05, 3.63) is 11.1 Å². The molecule has 0 aliphatic heterocycles. The van der Waals surface area contributed by atoms with Crippen LogP contribution in [0, 0.1) is 0 Å². The molecule has 0 radical (unpaired) electrons. The van der Waals surface area contributed by atoms with Crippen LogP contribution >= 0.6 is 23.4 Å². The molecule has 0 bridgehead atoms. The van der Waals surface area contributed by atoms with Crippen molar-refractivity contribution in [1.29, 1.82) is 0 Å². The molecule has 0 N–H and O–H groups in total. The molecule has 90 valence electrons. The quantitative estimate of drug-likeness (QED) is 0.733. The molecule has 1 saturated carbocycles. The minimum atomic E-state index is 0.414. The Bertz CT molecular complexity index is 349. The highest BCUT2D eigenvalue weighted by Crippen LogP contribution is 2.41. The first-order valence-electron chi connectivity index (χ1n) is 5.92. The maximum absolute atomic E-state index is 6.11. The van der Waals surface area contributed by atoms with Crippen molar-refractivity contribution in [2.45, 2.75) is 45.1 Å². The van der Waals surface area contributed by atoms with E-state index in [1.54, 1.807) is 0 Å². The zero-order chi connectivity index (χ0) is 11.5. The van der Waals surface area contributed by atoms with Gasteiger partial charge in [0.2, 0.25) is 5.28 Å². The number of hydrogen-bond donors (Lipinski definition) is 0. The topological polar surface area (TPSA) is 30.7 Å². The third-order valence-electron chi connectivity index (χ3n) is 2.95. The molecule has 16 heavy (non-hydrogen) atoms. The van der Waals surface area contributed by atoms with Gasteiger partial charge in [0.15, 0.2) is 0 Å². The number of rotatable bonds is 6. The third-order valence-corrected chi connectivity index (χ3v) is 4.14. The molecule has 0 saturated heterocycles. The summed E-state index contributed by atoms with van der Waals surface area (Å²) in [5.74, 6) is 4.06. The van der Waals surface area contributed by atoms with Gasteiger partial charge in [-0.05, 0) is 49.3 Å². The summed E-state index contributed by atoms with van der Waals surface area (Å²) in [7, 11) is 0. The van der Waals surface area contributed by atoms with Crippen LogP contribution in [-0.2, 0) is 0 Å².